The van der Waals surface area contributed by atoms with Crippen molar-refractivity contribution in [3.63, 3.8) is 0 Å². The lowest BCUT2D eigenvalue weighted by atomic mass is 9.45. The molecule has 4 aromatic rings. The molecule has 8 aliphatic carbocycles. The number of alkyl halides is 2. The van der Waals surface area contributed by atoms with E-state index in [-0.39, 0.29) is 102 Å². The Balaban J connectivity index is 0.000000191. The number of carbonyl (C=O) groups is 6. The number of allylic oxidation sites excluding steroid dienone is 2. The van der Waals surface area contributed by atoms with E-state index >= 15 is 0 Å². The molecule has 500 valence electrons. The smallest absolute Gasteiger partial charge is 0.306 e. The summed E-state index contributed by atoms with van der Waals surface area (Å²) in [6.45, 7) is 24.1. The summed E-state index contributed by atoms with van der Waals surface area (Å²) in [6.07, 6.45) is 20.1. The second-order valence-electron chi connectivity index (χ2n) is 28.7. The summed E-state index contributed by atoms with van der Waals surface area (Å²) in [5.41, 5.74) is 3.39. The largest absolute Gasteiger partial charge is 0.488 e. The third kappa shape index (κ3) is 11.0. The summed E-state index contributed by atoms with van der Waals surface area (Å²) in [7, 11) is 0. The SMILES string of the molecule is C=CCOc1cncc(-n2cc3c(n2)C=C2C[C@@H](Cl)[C@@H]4[C@H]([C@@H](O)C[C@@]5(C)[C@H]4C[C@@H](C)[C@]5(OC(=O)CC)C(=O)COC(=O)CC)[C@@]2(C)C3)c1.CCC(=O)OCC(=O)[C@@]1(OC(=O)CC)[C@H](C)C[C@H]2[C@H]3[C@H]([C@@H](O)C[C@@]21C)[C@@]1(C)Cc2cnn(-c4cncc(C)c4)c2C=C1C[C@H]3Cl. The van der Waals surface area contributed by atoms with E-state index in [1.165, 1.54) is 5.57 Å². The highest BCUT2D eigenvalue weighted by Gasteiger charge is 2.76. The molecule has 2 N–H and O–H groups in total. The lowest BCUT2D eigenvalue weighted by molar-refractivity contribution is -0.207. The van der Waals surface area contributed by atoms with E-state index < -0.39 is 88.3 Å². The molecule has 21 heteroatoms. The second kappa shape index (κ2) is 25.6. The number of aliphatic hydroxyl groups is 2. The Kier molecular flexibility index (Phi) is 18.6. The van der Waals surface area contributed by atoms with Gasteiger partial charge < -0.3 is 33.9 Å². The maximum Gasteiger partial charge on any atom is 0.306 e. The molecule has 6 saturated carbocycles. The number of esters is 4. The third-order valence-electron chi connectivity index (χ3n) is 23.5. The van der Waals surface area contributed by atoms with Crippen molar-refractivity contribution in [2.75, 3.05) is 19.8 Å². The number of nitrogens with zero attached hydrogens (tertiary/aromatic N) is 6. The number of Topliss-reactive ketones (excluding diaryl/α,β-unsaturated/α-hetero) is 2. The average Bonchev–Trinajstić information content (AvgIpc) is 1.60. The molecular weight excluding hydrogens is 1230 g/mol. The molecule has 93 heavy (non-hydrogen) atoms. The predicted molar refractivity (Wildman–Crippen MR) is 348 cm³/mol. The van der Waals surface area contributed by atoms with Crippen molar-refractivity contribution in [1.29, 1.82) is 0 Å². The molecule has 6 fully saturated rings. The Labute approximate surface area is 554 Å². The highest BCUT2D eigenvalue weighted by atomic mass is 35.5. The molecule has 18 atom stereocenters. The van der Waals surface area contributed by atoms with E-state index in [4.69, 9.17) is 57.1 Å². The first-order valence-electron chi connectivity index (χ1n) is 33.3. The van der Waals surface area contributed by atoms with E-state index in [2.05, 4.69) is 48.6 Å². The number of fused-ring (bicyclic) bond motifs is 12. The molecule has 4 aromatic heterocycles. The van der Waals surface area contributed by atoms with Gasteiger partial charge in [-0.1, -0.05) is 93.0 Å². The molecule has 0 aromatic carbocycles. The standard InChI is InChI=1S/C37H46ClN3O7.C35H44ClN3O6/c1-7-10-46-25-14-24(17-39-18-25)41-19-22-15-35(5)23(13-28(22)40-41)12-27(38)33-26-11-21(4)37(48-32(45)9-3,30(43)20-47-31(44)8-2)36(26,6)16-29(42)34(33)35;1-7-29(42)44-18-28(41)35(45-30(43)8-2)20(4)10-24-31-25(36)11-22-12-26-21(16-38-39(26)23-9-19(3)15-37-17-23)13-33(22,5)32(31)27(40)14-34(24,35)6/h7,13-14,17-19,21,26-27,29,33-34,42H,1,8-12,15-16,20H2,2-6H3;9,12,15-17,20,24-25,27,31-32,40H,7-8,10-11,13-14,18H2,1-6H3/t21-,26+,27-,29+,33-,34+,35+,36+,37+;20-,24+,25-,27+,31-,32+,33+,34+,35+/m11/s1. The lowest BCUT2D eigenvalue weighted by Gasteiger charge is -2.61. The van der Waals surface area contributed by atoms with Gasteiger partial charge in [-0.05, 0) is 140 Å². The number of aliphatic hydroxyl groups excluding tert-OH is 2. The van der Waals surface area contributed by atoms with Crippen molar-refractivity contribution in [2.45, 2.75) is 187 Å². The lowest BCUT2D eigenvalue weighted by Crippen LogP contribution is -2.66. The summed E-state index contributed by atoms with van der Waals surface area (Å²) in [6, 6.07) is 3.94. The molecule has 0 spiro atoms. The van der Waals surface area contributed by atoms with Crippen LogP contribution in [0.2, 0.25) is 0 Å². The maximum absolute atomic E-state index is 14.2. The number of rotatable bonds is 17. The van der Waals surface area contributed by atoms with Gasteiger partial charge in [-0.25, -0.2) is 9.36 Å². The molecule has 12 rings (SSSR count). The minimum Gasteiger partial charge on any atom is -0.488 e. The van der Waals surface area contributed by atoms with Crippen LogP contribution >= 0.6 is 23.2 Å². The van der Waals surface area contributed by atoms with Gasteiger partial charge in [0.1, 0.15) is 12.4 Å². The molecule has 0 unspecified atom stereocenters. The summed E-state index contributed by atoms with van der Waals surface area (Å²) in [4.78, 5) is 87.0. The van der Waals surface area contributed by atoms with E-state index in [9.17, 15) is 39.0 Å². The van der Waals surface area contributed by atoms with E-state index in [1.54, 1.807) is 46.2 Å². The van der Waals surface area contributed by atoms with Crippen LogP contribution < -0.4 is 4.74 Å². The van der Waals surface area contributed by atoms with Gasteiger partial charge >= 0.3 is 23.9 Å². The number of halogens is 2. The predicted octanol–water partition coefficient (Wildman–Crippen LogP) is 11.1. The molecule has 0 saturated heterocycles. The first kappa shape index (κ1) is 67.9. The highest BCUT2D eigenvalue weighted by Crippen LogP contribution is 2.72. The van der Waals surface area contributed by atoms with Crippen LogP contribution in [0, 0.1) is 75.9 Å². The fourth-order valence-corrected chi connectivity index (χ4v) is 20.5. The minimum atomic E-state index is -1.56. The zero-order valence-electron chi connectivity index (χ0n) is 55.4. The Morgan fingerprint density at radius 1 is 0.667 bits per heavy atom. The molecule has 0 aliphatic heterocycles. The number of carbonyl (C=O) groups excluding carboxylic acids is 6. The first-order valence-corrected chi connectivity index (χ1v) is 34.1. The van der Waals surface area contributed by atoms with Gasteiger partial charge in [-0.15, -0.1) is 23.2 Å². The van der Waals surface area contributed by atoms with Crippen LogP contribution in [0.3, 0.4) is 0 Å². The normalized spacial score (nSPS) is 35.7. The Hall–Kier alpha value is -6.54. The molecule has 0 radical (unpaired) electrons. The highest BCUT2D eigenvalue weighted by molar-refractivity contribution is 6.21. The van der Waals surface area contributed by atoms with Crippen molar-refractivity contribution in [2.24, 2.45) is 69.0 Å². The quantitative estimate of drug-likeness (QED) is 0.0431. The molecule has 0 bridgehead atoms. The van der Waals surface area contributed by atoms with Gasteiger partial charge in [-0.3, -0.25) is 38.7 Å². The number of hydrogen-bond acceptors (Lipinski definition) is 17. The molecular formula is C72H90Cl2N6O13. The van der Waals surface area contributed by atoms with Gasteiger partial charge in [-0.2, -0.15) is 10.2 Å². The molecule has 19 nitrogen and oxygen atoms in total. The zero-order chi connectivity index (χ0) is 67.1. The number of aryl methyl sites for hydroxylation is 1. The van der Waals surface area contributed by atoms with Gasteiger partial charge in [0.15, 0.2) is 24.4 Å². The van der Waals surface area contributed by atoms with Crippen molar-refractivity contribution in [1.82, 2.24) is 29.5 Å². The van der Waals surface area contributed by atoms with Crippen molar-refractivity contribution < 1.29 is 62.7 Å². The second-order valence-corrected chi connectivity index (χ2v) is 29.8. The summed E-state index contributed by atoms with van der Waals surface area (Å²) >= 11 is 14.7. The summed E-state index contributed by atoms with van der Waals surface area (Å²) < 4.78 is 32.4. The fourth-order valence-electron chi connectivity index (χ4n) is 19.5. The maximum atomic E-state index is 14.2. The Bertz CT molecular complexity index is 3690. The average molecular weight is 1320 g/mol. The van der Waals surface area contributed by atoms with E-state index in [0.717, 1.165) is 45.0 Å². The van der Waals surface area contributed by atoms with Crippen LogP contribution in [-0.4, -0.2) is 129 Å². The van der Waals surface area contributed by atoms with Crippen molar-refractivity contribution >= 4 is 70.8 Å². The number of ketones is 2. The zero-order valence-corrected chi connectivity index (χ0v) is 56.9. The molecule has 8 aliphatic rings. The number of aromatic nitrogens is 6. The van der Waals surface area contributed by atoms with Crippen LogP contribution in [0.25, 0.3) is 23.5 Å². The van der Waals surface area contributed by atoms with Gasteiger partial charge in [0, 0.05) is 77.6 Å². The summed E-state index contributed by atoms with van der Waals surface area (Å²) in [5.74, 6) is -3.82. The van der Waals surface area contributed by atoms with Crippen LogP contribution in [0.15, 0.2) is 73.1 Å². The number of hydrogen-bond donors (Lipinski definition) is 2. The van der Waals surface area contributed by atoms with Crippen molar-refractivity contribution in [3.05, 3.63) is 101 Å². The van der Waals surface area contributed by atoms with Gasteiger partial charge in [0.05, 0.1) is 59.8 Å². The van der Waals surface area contributed by atoms with Crippen LogP contribution in [0.5, 0.6) is 5.75 Å². The minimum absolute atomic E-state index is 0.0917. The van der Waals surface area contributed by atoms with Crippen LogP contribution in [0.1, 0.15) is 162 Å². The topological polar surface area (TPSA) is 250 Å². The summed E-state index contributed by atoms with van der Waals surface area (Å²) in [5, 5.41) is 33.5. The molecule has 4 heterocycles. The van der Waals surface area contributed by atoms with E-state index in [0.29, 0.717) is 50.9 Å². The van der Waals surface area contributed by atoms with Crippen LogP contribution in [0.4, 0.5) is 0 Å². The monoisotopic (exact) mass is 1320 g/mol. The Morgan fingerprint density at radius 3 is 1.67 bits per heavy atom. The number of pyridine rings is 2. The molecule has 0 amide bonds. The Morgan fingerprint density at radius 2 is 1.16 bits per heavy atom. The van der Waals surface area contributed by atoms with Crippen LogP contribution in [-0.2, 0) is 60.6 Å². The van der Waals surface area contributed by atoms with Gasteiger partial charge in [0.2, 0.25) is 11.6 Å². The fraction of sp³-hybridized carbons (Fsp3) is 0.611. The number of ether oxygens (including phenoxy) is 5. The third-order valence-corrected chi connectivity index (χ3v) is 24.4. The van der Waals surface area contributed by atoms with Crippen molar-refractivity contribution in [3.8, 4) is 17.1 Å². The first-order chi connectivity index (χ1) is 44.1. The van der Waals surface area contributed by atoms with Gasteiger partial charge in [0.25, 0.3) is 0 Å². The van der Waals surface area contributed by atoms with E-state index in [1.807, 2.05) is 74.8 Å².